The van der Waals surface area contributed by atoms with Gasteiger partial charge in [0.05, 0.1) is 0 Å². The number of nitrogens with zero attached hydrogens (tertiary/aromatic N) is 1. The van der Waals surface area contributed by atoms with Crippen LogP contribution in [-0.4, -0.2) is 36.3 Å². The number of hydrogen-bond donors (Lipinski definition) is 2. The maximum Gasteiger partial charge on any atom is 0.254 e. The summed E-state index contributed by atoms with van der Waals surface area (Å²) in [4.78, 5) is 25.4. The zero-order chi connectivity index (χ0) is 15.4. The van der Waals surface area contributed by atoms with E-state index >= 15 is 0 Å². The molecule has 0 radical (unpaired) electrons. The van der Waals surface area contributed by atoms with Crippen LogP contribution in [0.2, 0.25) is 0 Å². The van der Waals surface area contributed by atoms with Gasteiger partial charge in [-0.1, -0.05) is 6.07 Å². The van der Waals surface area contributed by atoms with Crippen LogP contribution in [0, 0.1) is 12.8 Å². The topological polar surface area (TPSA) is 75.4 Å². The van der Waals surface area contributed by atoms with Crippen molar-refractivity contribution in [3.05, 3.63) is 29.3 Å². The first-order chi connectivity index (χ1) is 9.97. The van der Waals surface area contributed by atoms with E-state index in [1.165, 1.54) is 6.92 Å². The van der Waals surface area contributed by atoms with Crippen molar-refractivity contribution >= 4 is 29.9 Å². The summed E-state index contributed by atoms with van der Waals surface area (Å²) < 4.78 is 0. The minimum atomic E-state index is 0. The molecule has 1 aromatic carbocycles. The van der Waals surface area contributed by atoms with Gasteiger partial charge in [0.1, 0.15) is 0 Å². The molecular formula is C16H24ClN3O2. The number of hydrogen-bond acceptors (Lipinski definition) is 3. The van der Waals surface area contributed by atoms with Crippen LogP contribution in [0.25, 0.3) is 0 Å². The van der Waals surface area contributed by atoms with Crippen LogP contribution in [0.3, 0.4) is 0 Å². The first kappa shape index (κ1) is 18.3. The number of benzene rings is 1. The van der Waals surface area contributed by atoms with Crippen LogP contribution in [0.5, 0.6) is 0 Å². The van der Waals surface area contributed by atoms with Gasteiger partial charge in [-0.3, -0.25) is 9.59 Å². The maximum absolute atomic E-state index is 12.5. The fourth-order valence-corrected chi connectivity index (χ4v) is 2.67. The second-order valence-corrected chi connectivity index (χ2v) is 5.75. The van der Waals surface area contributed by atoms with Crippen molar-refractivity contribution in [1.29, 1.82) is 0 Å². The normalized spacial score (nSPS) is 15.1. The Kier molecular flexibility index (Phi) is 6.68. The molecule has 0 aromatic heterocycles. The summed E-state index contributed by atoms with van der Waals surface area (Å²) >= 11 is 0. The molecule has 1 aliphatic heterocycles. The van der Waals surface area contributed by atoms with Gasteiger partial charge in [0.25, 0.3) is 5.91 Å². The zero-order valence-corrected chi connectivity index (χ0v) is 13.9. The molecule has 1 saturated heterocycles. The number of carbonyl (C=O) groups excluding carboxylic acids is 2. The third-order valence-corrected chi connectivity index (χ3v) is 4.03. The van der Waals surface area contributed by atoms with Crippen molar-refractivity contribution in [3.8, 4) is 0 Å². The van der Waals surface area contributed by atoms with Crippen molar-refractivity contribution < 1.29 is 9.59 Å². The summed E-state index contributed by atoms with van der Waals surface area (Å²) in [6.07, 6.45) is 1.85. The maximum atomic E-state index is 12.5. The van der Waals surface area contributed by atoms with Crippen molar-refractivity contribution in [1.82, 2.24) is 10.2 Å². The summed E-state index contributed by atoms with van der Waals surface area (Å²) in [6, 6.07) is 5.44. The van der Waals surface area contributed by atoms with E-state index in [1.54, 1.807) is 6.07 Å². The van der Waals surface area contributed by atoms with Gasteiger partial charge in [0.15, 0.2) is 0 Å². The minimum absolute atomic E-state index is 0. The van der Waals surface area contributed by atoms with E-state index in [2.05, 4.69) is 5.32 Å². The number of amides is 2. The fourth-order valence-electron chi connectivity index (χ4n) is 2.67. The quantitative estimate of drug-likeness (QED) is 0.834. The van der Waals surface area contributed by atoms with Crippen molar-refractivity contribution in [2.45, 2.75) is 26.7 Å². The Morgan fingerprint density at radius 3 is 2.55 bits per heavy atom. The summed E-state index contributed by atoms with van der Waals surface area (Å²) in [5, 5.41) is 2.85. The van der Waals surface area contributed by atoms with Crippen LogP contribution in [-0.2, 0) is 4.79 Å². The number of likely N-dealkylation sites (tertiary alicyclic amines) is 1. The van der Waals surface area contributed by atoms with Crippen LogP contribution in [0.1, 0.15) is 35.7 Å². The standard InChI is InChI=1S/C16H23N3O2.ClH/c1-11-3-4-14(17)9-15(11)16(21)19-7-5-13(6-8-19)10-18-12(2)20;/h3-4,9,13H,5-8,10,17H2,1-2H3,(H,18,20);1H. The number of nitrogens with one attached hydrogen (secondary N) is 1. The smallest absolute Gasteiger partial charge is 0.254 e. The lowest BCUT2D eigenvalue weighted by Crippen LogP contribution is -2.41. The highest BCUT2D eigenvalue weighted by Crippen LogP contribution is 2.21. The molecule has 1 fully saturated rings. The number of nitrogen functional groups attached to an aromatic ring is 1. The lowest BCUT2D eigenvalue weighted by Gasteiger charge is -2.32. The fraction of sp³-hybridized carbons (Fsp3) is 0.500. The van der Waals surface area contributed by atoms with E-state index in [-0.39, 0.29) is 24.2 Å². The van der Waals surface area contributed by atoms with Gasteiger partial charge in [-0.15, -0.1) is 12.4 Å². The Morgan fingerprint density at radius 1 is 1.32 bits per heavy atom. The molecule has 0 unspecified atom stereocenters. The summed E-state index contributed by atoms with van der Waals surface area (Å²) in [7, 11) is 0. The van der Waals surface area contributed by atoms with E-state index in [4.69, 9.17) is 5.73 Å². The first-order valence-corrected chi connectivity index (χ1v) is 7.37. The van der Waals surface area contributed by atoms with E-state index < -0.39 is 0 Å². The number of piperidine rings is 1. The minimum Gasteiger partial charge on any atom is -0.399 e. The lowest BCUT2D eigenvalue weighted by atomic mass is 9.95. The van der Waals surface area contributed by atoms with Crippen LogP contribution in [0.4, 0.5) is 5.69 Å². The largest absolute Gasteiger partial charge is 0.399 e. The third-order valence-electron chi connectivity index (χ3n) is 4.03. The van der Waals surface area contributed by atoms with Gasteiger partial charge < -0.3 is 16.0 Å². The molecule has 0 saturated carbocycles. The molecule has 0 bridgehead atoms. The Morgan fingerprint density at radius 2 is 1.95 bits per heavy atom. The Labute approximate surface area is 137 Å². The molecule has 2 amide bonds. The van der Waals surface area contributed by atoms with Crippen molar-refractivity contribution in [3.63, 3.8) is 0 Å². The molecule has 0 spiro atoms. The molecule has 1 aromatic rings. The van der Waals surface area contributed by atoms with E-state index in [9.17, 15) is 9.59 Å². The first-order valence-electron chi connectivity index (χ1n) is 7.37. The van der Waals surface area contributed by atoms with Crippen LogP contribution in [0.15, 0.2) is 18.2 Å². The SMILES string of the molecule is CC(=O)NCC1CCN(C(=O)c2cc(N)ccc2C)CC1.Cl. The molecule has 2 rings (SSSR count). The molecule has 3 N–H and O–H groups in total. The van der Waals surface area contributed by atoms with Gasteiger partial charge in [-0.2, -0.15) is 0 Å². The summed E-state index contributed by atoms with van der Waals surface area (Å²) in [5.41, 5.74) is 8.03. The highest BCUT2D eigenvalue weighted by Gasteiger charge is 2.24. The third kappa shape index (κ3) is 4.63. The molecular weight excluding hydrogens is 302 g/mol. The number of rotatable bonds is 3. The molecule has 22 heavy (non-hydrogen) atoms. The predicted molar refractivity (Wildman–Crippen MR) is 90.2 cm³/mol. The highest BCUT2D eigenvalue weighted by molar-refractivity contribution is 5.96. The highest BCUT2D eigenvalue weighted by atomic mass is 35.5. The van der Waals surface area contributed by atoms with Gasteiger partial charge >= 0.3 is 0 Å². The second-order valence-electron chi connectivity index (χ2n) is 5.75. The molecule has 0 aliphatic carbocycles. The van der Waals surface area contributed by atoms with Crippen molar-refractivity contribution in [2.75, 3.05) is 25.4 Å². The number of nitrogens with two attached hydrogens (primary N) is 1. The molecule has 1 heterocycles. The summed E-state index contributed by atoms with van der Waals surface area (Å²) in [5.74, 6) is 0.515. The predicted octanol–water partition coefficient (Wildman–Crippen LogP) is 1.99. The van der Waals surface area contributed by atoms with Gasteiger partial charge in [0.2, 0.25) is 5.91 Å². The molecule has 0 atom stereocenters. The Balaban J connectivity index is 0.00000242. The van der Waals surface area contributed by atoms with E-state index in [1.807, 2.05) is 24.0 Å². The summed E-state index contributed by atoms with van der Waals surface area (Å²) in [6.45, 7) is 5.63. The van der Waals surface area contributed by atoms with Gasteiger partial charge in [0, 0.05) is 37.8 Å². The number of aryl methyl sites for hydroxylation is 1. The second kappa shape index (κ2) is 8.03. The average molecular weight is 326 g/mol. The van der Waals surface area contributed by atoms with Crippen LogP contribution < -0.4 is 11.1 Å². The number of carbonyl (C=O) groups is 2. The monoisotopic (exact) mass is 325 g/mol. The Bertz CT molecular complexity index is 540. The number of anilines is 1. The molecule has 6 heteroatoms. The van der Waals surface area contributed by atoms with Crippen molar-refractivity contribution in [2.24, 2.45) is 5.92 Å². The van der Waals surface area contributed by atoms with Gasteiger partial charge in [-0.25, -0.2) is 0 Å². The average Bonchev–Trinajstić information content (AvgIpc) is 2.47. The van der Waals surface area contributed by atoms with Gasteiger partial charge in [-0.05, 0) is 43.4 Å². The number of halogens is 1. The lowest BCUT2D eigenvalue weighted by molar-refractivity contribution is -0.119. The molecule has 122 valence electrons. The zero-order valence-electron chi connectivity index (χ0n) is 13.1. The Hall–Kier alpha value is -1.75. The van der Waals surface area contributed by atoms with E-state index in [0.29, 0.717) is 23.7 Å². The molecule has 1 aliphatic rings. The van der Waals surface area contributed by atoms with Crippen LogP contribution >= 0.6 is 12.4 Å². The van der Waals surface area contributed by atoms with E-state index in [0.717, 1.165) is 31.5 Å². The molecule has 5 nitrogen and oxygen atoms in total.